The van der Waals surface area contributed by atoms with Gasteiger partial charge in [-0.3, -0.25) is 23.6 Å². The fraction of sp³-hybridized carbons (Fsp3) is 0.412. The largest absolute Gasteiger partial charge is 0.483 e. The third-order valence-electron chi connectivity index (χ3n) is 4.19. The van der Waals surface area contributed by atoms with E-state index in [9.17, 15) is 14.4 Å². The van der Waals surface area contributed by atoms with Crippen molar-refractivity contribution in [3.8, 4) is 0 Å². The average Bonchev–Trinajstić information content (AvgIpc) is 3.06. The van der Waals surface area contributed by atoms with Crippen LogP contribution in [0.5, 0.6) is 0 Å². The van der Waals surface area contributed by atoms with Gasteiger partial charge in [0.05, 0.1) is 6.54 Å². The van der Waals surface area contributed by atoms with Crippen LogP contribution in [-0.4, -0.2) is 67.8 Å². The minimum atomic E-state index is -0.372. The van der Waals surface area contributed by atoms with E-state index in [0.717, 1.165) is 5.69 Å². The van der Waals surface area contributed by atoms with Gasteiger partial charge in [-0.15, -0.1) is 0 Å². The molecule has 0 bridgehead atoms. The van der Waals surface area contributed by atoms with E-state index in [1.54, 1.807) is 23.6 Å². The molecule has 2 aromatic heterocycles. The summed E-state index contributed by atoms with van der Waals surface area (Å²) in [6.45, 7) is 5.05. The lowest BCUT2D eigenvalue weighted by atomic mass is 10.2. The molecule has 3 rings (SSSR count). The number of carboxylic acid groups (broad SMARTS) is 1. The number of rotatable bonds is 4. The molecule has 1 aliphatic rings. The van der Waals surface area contributed by atoms with Crippen molar-refractivity contribution in [2.45, 2.75) is 26.9 Å². The van der Waals surface area contributed by atoms with E-state index in [1.807, 2.05) is 13.0 Å². The molecule has 0 unspecified atom stereocenters. The smallest absolute Gasteiger partial charge is 0.348 e. The molecule has 2 N–H and O–H groups in total. The molecule has 0 aromatic carbocycles. The number of hydrogen-bond acceptors (Lipinski definition) is 6. The molecule has 3 heterocycles. The first-order chi connectivity index (χ1) is 13.3. The second-order valence-electron chi connectivity index (χ2n) is 6.20. The van der Waals surface area contributed by atoms with Crippen LogP contribution in [0.1, 0.15) is 32.4 Å². The predicted molar refractivity (Wildman–Crippen MR) is 98.2 cm³/mol. The molecule has 0 radical (unpaired) electrons. The van der Waals surface area contributed by atoms with E-state index >= 15 is 0 Å². The lowest BCUT2D eigenvalue weighted by Gasteiger charge is -2.22. The third-order valence-corrected chi connectivity index (χ3v) is 4.19. The summed E-state index contributed by atoms with van der Waals surface area (Å²) in [5.41, 5.74) is 1.73. The van der Waals surface area contributed by atoms with E-state index in [-0.39, 0.29) is 36.2 Å². The number of amides is 2. The molecular formula is C17H22N6O5. The van der Waals surface area contributed by atoms with Crippen LogP contribution in [0.4, 0.5) is 0 Å². The number of hydrogen-bond donors (Lipinski definition) is 2. The monoisotopic (exact) mass is 390 g/mol. The molecule has 11 nitrogen and oxygen atoms in total. The van der Waals surface area contributed by atoms with Crippen molar-refractivity contribution in [1.82, 2.24) is 29.5 Å². The third kappa shape index (κ3) is 4.61. The normalized spacial score (nSPS) is 12.7. The first-order valence-electron chi connectivity index (χ1n) is 8.53. The van der Waals surface area contributed by atoms with Crippen molar-refractivity contribution in [1.29, 1.82) is 0 Å². The maximum Gasteiger partial charge on any atom is 0.348 e. The number of fused-ring (bicyclic) bond motifs is 1. The van der Waals surface area contributed by atoms with Gasteiger partial charge >= 0.3 is 5.69 Å². The van der Waals surface area contributed by atoms with Gasteiger partial charge in [0.25, 0.3) is 18.3 Å². The van der Waals surface area contributed by atoms with Crippen molar-refractivity contribution >= 4 is 18.3 Å². The van der Waals surface area contributed by atoms with Gasteiger partial charge in [-0.25, -0.2) is 4.79 Å². The Hall–Kier alpha value is -3.50. The van der Waals surface area contributed by atoms with Gasteiger partial charge in [-0.1, -0.05) is 0 Å². The van der Waals surface area contributed by atoms with Gasteiger partial charge in [0, 0.05) is 44.1 Å². The summed E-state index contributed by atoms with van der Waals surface area (Å²) < 4.78 is 3.06. The van der Waals surface area contributed by atoms with Crippen LogP contribution in [-0.2, 0) is 17.9 Å². The Morgan fingerprint density at radius 2 is 1.96 bits per heavy atom. The fourth-order valence-corrected chi connectivity index (χ4v) is 2.83. The zero-order valence-electron chi connectivity index (χ0n) is 15.9. The number of nitrogens with one attached hydrogen (secondary N) is 1. The Labute approximate surface area is 160 Å². The molecule has 2 amide bonds. The Morgan fingerprint density at radius 3 is 2.61 bits per heavy atom. The van der Waals surface area contributed by atoms with Crippen molar-refractivity contribution in [2.75, 3.05) is 20.1 Å². The van der Waals surface area contributed by atoms with Gasteiger partial charge in [0.15, 0.2) is 5.69 Å². The van der Waals surface area contributed by atoms with Crippen molar-refractivity contribution in [3.63, 3.8) is 0 Å². The van der Waals surface area contributed by atoms with Crippen LogP contribution in [0.25, 0.3) is 0 Å². The van der Waals surface area contributed by atoms with E-state index in [2.05, 4.69) is 15.4 Å². The minimum absolute atomic E-state index is 0.147. The second kappa shape index (κ2) is 8.93. The summed E-state index contributed by atoms with van der Waals surface area (Å²) in [5.74, 6) is -0.520. The highest BCUT2D eigenvalue weighted by molar-refractivity contribution is 5.98. The van der Waals surface area contributed by atoms with Crippen LogP contribution in [0.15, 0.2) is 16.9 Å². The summed E-state index contributed by atoms with van der Waals surface area (Å²) in [6, 6.07) is 3.31. The van der Waals surface area contributed by atoms with Gasteiger partial charge in [-0.2, -0.15) is 10.1 Å². The van der Waals surface area contributed by atoms with E-state index in [0.29, 0.717) is 31.0 Å². The highest BCUT2D eigenvalue weighted by Crippen LogP contribution is 2.12. The first-order valence-corrected chi connectivity index (χ1v) is 8.53. The Balaban J connectivity index is 0.000000878. The number of nitrogens with zero attached hydrogens (tertiary/aromatic N) is 5. The zero-order valence-corrected chi connectivity index (χ0v) is 15.9. The highest BCUT2D eigenvalue weighted by atomic mass is 16.3. The molecule has 0 spiro atoms. The molecule has 0 aliphatic carbocycles. The standard InChI is InChI=1S/C16H20N6O3.CH2O2/c1-10-8-11(2)21(16(25)18-10)5-4-17-14(23)12-9-13-15(24)20(3)6-7-22(13)19-12;2-1-3/h8-9H,4-7H2,1-3H3,(H,17,23);1H,(H,2,3). The molecule has 28 heavy (non-hydrogen) atoms. The quantitative estimate of drug-likeness (QED) is 0.656. The maximum absolute atomic E-state index is 12.3. The Morgan fingerprint density at radius 1 is 1.29 bits per heavy atom. The lowest BCUT2D eigenvalue weighted by Crippen LogP contribution is -2.37. The number of carbonyl (C=O) groups excluding carboxylic acids is 2. The predicted octanol–water partition coefficient (Wildman–Crippen LogP) is -0.727. The van der Waals surface area contributed by atoms with Crippen LogP contribution in [0.3, 0.4) is 0 Å². The van der Waals surface area contributed by atoms with Crippen molar-refractivity contribution in [2.24, 2.45) is 0 Å². The molecule has 150 valence electrons. The summed E-state index contributed by atoms with van der Waals surface area (Å²) in [7, 11) is 1.72. The second-order valence-corrected chi connectivity index (χ2v) is 6.20. The molecule has 11 heteroatoms. The zero-order chi connectivity index (χ0) is 20.8. The summed E-state index contributed by atoms with van der Waals surface area (Å²) in [6.07, 6.45) is 0. The summed E-state index contributed by atoms with van der Waals surface area (Å²) in [5, 5.41) is 13.8. The molecule has 0 atom stereocenters. The van der Waals surface area contributed by atoms with Gasteiger partial charge in [-0.05, 0) is 19.9 Å². The van der Waals surface area contributed by atoms with Crippen LogP contribution < -0.4 is 11.0 Å². The number of likely N-dealkylation sites (N-methyl/N-ethyl adjacent to an activating group) is 1. The van der Waals surface area contributed by atoms with Crippen molar-refractivity contribution in [3.05, 3.63) is 45.4 Å². The number of aryl methyl sites for hydroxylation is 2. The van der Waals surface area contributed by atoms with Crippen LogP contribution in [0, 0.1) is 13.8 Å². The lowest BCUT2D eigenvalue weighted by molar-refractivity contribution is -0.122. The topological polar surface area (TPSA) is 139 Å². The summed E-state index contributed by atoms with van der Waals surface area (Å²) >= 11 is 0. The van der Waals surface area contributed by atoms with E-state index in [4.69, 9.17) is 9.90 Å². The van der Waals surface area contributed by atoms with E-state index < -0.39 is 0 Å². The number of aromatic nitrogens is 4. The molecular weight excluding hydrogens is 368 g/mol. The average molecular weight is 390 g/mol. The van der Waals surface area contributed by atoms with Crippen molar-refractivity contribution < 1.29 is 19.5 Å². The molecule has 0 saturated heterocycles. The highest BCUT2D eigenvalue weighted by Gasteiger charge is 2.25. The Bertz CT molecular complexity index is 948. The van der Waals surface area contributed by atoms with Gasteiger partial charge in [0.1, 0.15) is 5.69 Å². The van der Waals surface area contributed by atoms with Gasteiger partial charge in [0.2, 0.25) is 0 Å². The summed E-state index contributed by atoms with van der Waals surface area (Å²) in [4.78, 5) is 50.0. The maximum atomic E-state index is 12.3. The molecule has 0 fully saturated rings. The SMILES string of the molecule is Cc1cc(C)n(CCNC(=O)c2cc3n(n2)CCN(C)C3=O)c(=O)n1.O=CO. The van der Waals surface area contributed by atoms with Crippen LogP contribution in [0.2, 0.25) is 0 Å². The van der Waals surface area contributed by atoms with E-state index in [1.165, 1.54) is 10.6 Å². The van der Waals surface area contributed by atoms with Crippen LogP contribution >= 0.6 is 0 Å². The molecule has 0 saturated carbocycles. The molecule has 2 aromatic rings. The molecule has 1 aliphatic heterocycles. The number of carbonyl (C=O) groups is 3. The first kappa shape index (κ1) is 20.8. The van der Waals surface area contributed by atoms with Gasteiger partial charge < -0.3 is 15.3 Å². The Kier molecular flexibility index (Phi) is 6.64. The fourth-order valence-electron chi connectivity index (χ4n) is 2.83. The minimum Gasteiger partial charge on any atom is -0.483 e.